The van der Waals surface area contributed by atoms with Gasteiger partial charge in [0.05, 0.1) is 0 Å². The minimum Gasteiger partial charge on any atom is -0.480 e. The van der Waals surface area contributed by atoms with Gasteiger partial charge in [-0.2, -0.15) is 0 Å². The molecule has 1 rings (SSSR count). The van der Waals surface area contributed by atoms with Crippen LogP contribution in [0.4, 0.5) is 5.69 Å². The Morgan fingerprint density at radius 2 is 1.94 bits per heavy atom. The van der Waals surface area contributed by atoms with E-state index in [1.54, 1.807) is 12.1 Å². The summed E-state index contributed by atoms with van der Waals surface area (Å²) in [4.78, 5) is 13.0. The molecule has 1 aromatic carbocycles. The first-order chi connectivity index (χ1) is 7.60. The van der Waals surface area contributed by atoms with Crippen molar-refractivity contribution >= 4 is 23.3 Å². The maximum absolute atomic E-state index is 11.1. The molecule has 0 aliphatic carbocycles. The molecule has 0 amide bonds. The van der Waals surface area contributed by atoms with Crippen molar-refractivity contribution in [2.24, 2.45) is 0 Å². The molecule has 0 saturated heterocycles. The van der Waals surface area contributed by atoms with Gasteiger partial charge in [-0.05, 0) is 37.6 Å². The third kappa shape index (κ3) is 2.89. The Balaban J connectivity index is 2.96. The highest BCUT2D eigenvalue weighted by atomic mass is 35.5. The summed E-state index contributed by atoms with van der Waals surface area (Å²) in [5.41, 5.74) is 0.890. The fourth-order valence-corrected chi connectivity index (χ4v) is 1.87. The number of rotatable bonds is 5. The first kappa shape index (κ1) is 12.8. The van der Waals surface area contributed by atoms with Crippen LogP contribution in [0.3, 0.4) is 0 Å². The molecular formula is C12H16ClNO2. The zero-order valence-corrected chi connectivity index (χ0v) is 10.2. The number of hydrogen-bond acceptors (Lipinski definition) is 2. The van der Waals surface area contributed by atoms with Gasteiger partial charge in [0.25, 0.3) is 0 Å². The van der Waals surface area contributed by atoms with Crippen LogP contribution >= 0.6 is 11.6 Å². The smallest absolute Gasteiger partial charge is 0.326 e. The number of likely N-dealkylation sites (N-methyl/N-ethyl adjacent to an activating group) is 1. The number of anilines is 1. The minimum absolute atomic E-state index is 0.480. The molecule has 0 unspecified atom stereocenters. The van der Waals surface area contributed by atoms with Gasteiger partial charge in [0.15, 0.2) is 0 Å². The molecule has 0 aliphatic rings. The standard InChI is InChI=1S/C12H16ClNO2/c1-3-11(12(15)16)14(4-2)10-7-5-9(13)6-8-10/h5-8,11H,3-4H2,1-2H3,(H,15,16)/t11-/m1/s1. The number of aliphatic carboxylic acids is 1. The van der Waals surface area contributed by atoms with E-state index in [-0.39, 0.29) is 0 Å². The second-order valence-electron chi connectivity index (χ2n) is 3.52. The Morgan fingerprint density at radius 1 is 1.38 bits per heavy atom. The van der Waals surface area contributed by atoms with Gasteiger partial charge >= 0.3 is 5.97 Å². The zero-order chi connectivity index (χ0) is 12.1. The molecule has 16 heavy (non-hydrogen) atoms. The molecule has 3 nitrogen and oxygen atoms in total. The Kier molecular flexibility index (Phi) is 4.62. The lowest BCUT2D eigenvalue weighted by molar-refractivity contribution is -0.138. The minimum atomic E-state index is -0.792. The fourth-order valence-electron chi connectivity index (χ4n) is 1.74. The molecule has 4 heteroatoms. The molecule has 0 fully saturated rings. The molecule has 0 aromatic heterocycles. The van der Waals surface area contributed by atoms with Crippen LogP contribution in [0.5, 0.6) is 0 Å². The van der Waals surface area contributed by atoms with Crippen molar-refractivity contribution in [1.82, 2.24) is 0 Å². The van der Waals surface area contributed by atoms with Crippen LogP contribution in [0.1, 0.15) is 20.3 Å². The van der Waals surface area contributed by atoms with E-state index >= 15 is 0 Å². The molecule has 0 radical (unpaired) electrons. The van der Waals surface area contributed by atoms with Crippen molar-refractivity contribution < 1.29 is 9.90 Å². The zero-order valence-electron chi connectivity index (χ0n) is 9.48. The van der Waals surface area contributed by atoms with Crippen LogP contribution in [-0.2, 0) is 4.79 Å². The van der Waals surface area contributed by atoms with Crippen molar-refractivity contribution in [3.8, 4) is 0 Å². The SMILES string of the molecule is CC[C@H](C(=O)O)N(CC)c1ccc(Cl)cc1. The van der Waals surface area contributed by atoms with Crippen molar-refractivity contribution in [1.29, 1.82) is 0 Å². The lowest BCUT2D eigenvalue weighted by Crippen LogP contribution is -2.40. The Labute approximate surface area is 101 Å². The summed E-state index contributed by atoms with van der Waals surface area (Å²) in [5, 5.41) is 9.78. The van der Waals surface area contributed by atoms with Gasteiger partial charge < -0.3 is 10.0 Å². The predicted octanol–water partition coefficient (Wildman–Crippen LogP) is 3.03. The summed E-state index contributed by atoms with van der Waals surface area (Å²) in [6, 6.07) is 6.75. The number of hydrogen-bond donors (Lipinski definition) is 1. The summed E-state index contributed by atoms with van der Waals surface area (Å²) < 4.78 is 0. The van der Waals surface area contributed by atoms with Crippen LogP contribution in [0.15, 0.2) is 24.3 Å². The van der Waals surface area contributed by atoms with Gasteiger partial charge in [-0.25, -0.2) is 4.79 Å². The highest BCUT2D eigenvalue weighted by Crippen LogP contribution is 2.21. The molecule has 1 N–H and O–H groups in total. The maximum Gasteiger partial charge on any atom is 0.326 e. The van der Waals surface area contributed by atoms with Crippen LogP contribution < -0.4 is 4.90 Å². The summed E-state index contributed by atoms with van der Waals surface area (Å²) in [7, 11) is 0. The van der Waals surface area contributed by atoms with E-state index in [0.717, 1.165) is 5.69 Å². The fraction of sp³-hybridized carbons (Fsp3) is 0.417. The van der Waals surface area contributed by atoms with E-state index in [1.807, 2.05) is 30.9 Å². The number of nitrogens with zero attached hydrogens (tertiary/aromatic N) is 1. The van der Waals surface area contributed by atoms with E-state index in [4.69, 9.17) is 16.7 Å². The van der Waals surface area contributed by atoms with E-state index in [9.17, 15) is 4.79 Å². The summed E-state index contributed by atoms with van der Waals surface area (Å²) >= 11 is 5.80. The van der Waals surface area contributed by atoms with Crippen molar-refractivity contribution in [3.63, 3.8) is 0 Å². The third-order valence-corrected chi connectivity index (χ3v) is 2.80. The normalized spacial score (nSPS) is 12.2. The predicted molar refractivity (Wildman–Crippen MR) is 66.2 cm³/mol. The maximum atomic E-state index is 11.1. The van der Waals surface area contributed by atoms with Crippen molar-refractivity contribution in [2.45, 2.75) is 26.3 Å². The van der Waals surface area contributed by atoms with Crippen LogP contribution in [0.2, 0.25) is 5.02 Å². The molecule has 0 heterocycles. The molecule has 0 spiro atoms. The van der Waals surface area contributed by atoms with Gasteiger partial charge in [0.2, 0.25) is 0 Å². The Morgan fingerprint density at radius 3 is 2.31 bits per heavy atom. The van der Waals surface area contributed by atoms with E-state index < -0.39 is 12.0 Å². The highest BCUT2D eigenvalue weighted by molar-refractivity contribution is 6.30. The number of carbonyl (C=O) groups is 1. The Bertz CT molecular complexity index is 351. The summed E-state index contributed by atoms with van der Waals surface area (Å²) in [6.45, 7) is 4.48. The molecule has 88 valence electrons. The monoisotopic (exact) mass is 241 g/mol. The average molecular weight is 242 g/mol. The summed E-state index contributed by atoms with van der Waals surface area (Å²) in [5.74, 6) is -0.792. The number of benzene rings is 1. The molecular weight excluding hydrogens is 226 g/mol. The van der Waals surface area contributed by atoms with Gasteiger partial charge in [-0.1, -0.05) is 18.5 Å². The van der Waals surface area contributed by atoms with Crippen molar-refractivity contribution in [3.05, 3.63) is 29.3 Å². The lowest BCUT2D eigenvalue weighted by Gasteiger charge is -2.29. The van der Waals surface area contributed by atoms with Gasteiger partial charge in [-0.15, -0.1) is 0 Å². The van der Waals surface area contributed by atoms with E-state index in [0.29, 0.717) is 18.0 Å². The summed E-state index contributed by atoms with van der Waals surface area (Å²) in [6.07, 6.45) is 0.575. The van der Waals surface area contributed by atoms with E-state index in [1.165, 1.54) is 0 Å². The van der Waals surface area contributed by atoms with E-state index in [2.05, 4.69) is 0 Å². The highest BCUT2D eigenvalue weighted by Gasteiger charge is 2.22. The third-order valence-electron chi connectivity index (χ3n) is 2.55. The molecule has 0 bridgehead atoms. The number of halogens is 1. The van der Waals surface area contributed by atoms with Crippen LogP contribution in [0.25, 0.3) is 0 Å². The van der Waals surface area contributed by atoms with Crippen LogP contribution in [-0.4, -0.2) is 23.7 Å². The van der Waals surface area contributed by atoms with Crippen LogP contribution in [0, 0.1) is 0 Å². The van der Waals surface area contributed by atoms with Gasteiger partial charge in [0.1, 0.15) is 6.04 Å². The number of carboxylic acids is 1. The van der Waals surface area contributed by atoms with Gasteiger partial charge in [-0.3, -0.25) is 0 Å². The first-order valence-corrected chi connectivity index (χ1v) is 5.73. The van der Waals surface area contributed by atoms with Gasteiger partial charge in [0, 0.05) is 17.3 Å². The Hall–Kier alpha value is -1.22. The second kappa shape index (κ2) is 5.75. The average Bonchev–Trinajstić information content (AvgIpc) is 2.26. The lowest BCUT2D eigenvalue weighted by atomic mass is 10.1. The quantitative estimate of drug-likeness (QED) is 0.862. The first-order valence-electron chi connectivity index (χ1n) is 5.35. The largest absolute Gasteiger partial charge is 0.480 e. The molecule has 0 saturated carbocycles. The second-order valence-corrected chi connectivity index (χ2v) is 3.96. The van der Waals surface area contributed by atoms with Crippen molar-refractivity contribution in [2.75, 3.05) is 11.4 Å². The molecule has 1 aromatic rings. The molecule has 0 aliphatic heterocycles. The topological polar surface area (TPSA) is 40.5 Å². The molecule has 1 atom stereocenters. The number of carboxylic acid groups (broad SMARTS) is 1.